The molecule has 0 bridgehead atoms. The first kappa shape index (κ1) is 15.9. The molecule has 3 heteroatoms. The molecule has 0 spiro atoms. The molecule has 1 aliphatic rings. The molecule has 0 unspecified atom stereocenters. The number of aromatic nitrogens is 3. The van der Waals surface area contributed by atoms with E-state index in [9.17, 15) is 0 Å². The van der Waals surface area contributed by atoms with E-state index in [0.29, 0.717) is 0 Å². The summed E-state index contributed by atoms with van der Waals surface area (Å²) in [5.41, 5.74) is 7.71. The first-order valence-corrected chi connectivity index (χ1v) is 9.19. The van der Waals surface area contributed by atoms with Crippen molar-refractivity contribution in [3.05, 3.63) is 114 Å². The summed E-state index contributed by atoms with van der Waals surface area (Å²) in [5.74, 6) is 0. The van der Waals surface area contributed by atoms with Crippen LogP contribution in [0.1, 0.15) is 22.3 Å². The SMILES string of the molecule is c1ccc2c(c1)-c1ccncc1C2(Cc1ccncc1)Cc1ccncc1. The second-order valence-corrected chi connectivity index (χ2v) is 7.11. The van der Waals surface area contributed by atoms with Crippen LogP contribution < -0.4 is 0 Å². The summed E-state index contributed by atoms with van der Waals surface area (Å²) in [6.45, 7) is 0. The Labute approximate surface area is 158 Å². The van der Waals surface area contributed by atoms with Gasteiger partial charge in [0.05, 0.1) is 0 Å². The van der Waals surface area contributed by atoms with E-state index in [1.165, 1.54) is 33.4 Å². The Balaban J connectivity index is 1.75. The van der Waals surface area contributed by atoms with Crippen LogP contribution in [-0.2, 0) is 18.3 Å². The zero-order chi connectivity index (χ0) is 18.1. The summed E-state index contributed by atoms with van der Waals surface area (Å²) in [6.07, 6.45) is 13.3. The van der Waals surface area contributed by atoms with Crippen LogP contribution >= 0.6 is 0 Å². The minimum absolute atomic E-state index is 0.150. The van der Waals surface area contributed by atoms with Crippen molar-refractivity contribution in [2.24, 2.45) is 0 Å². The minimum Gasteiger partial charge on any atom is -0.265 e. The summed E-state index contributed by atoms with van der Waals surface area (Å²) in [7, 11) is 0. The van der Waals surface area contributed by atoms with Gasteiger partial charge in [0.15, 0.2) is 0 Å². The molecular formula is C24H19N3. The van der Waals surface area contributed by atoms with Crippen molar-refractivity contribution in [2.75, 3.05) is 0 Å². The van der Waals surface area contributed by atoms with Gasteiger partial charge in [-0.05, 0) is 76.6 Å². The summed E-state index contributed by atoms with van der Waals surface area (Å²) < 4.78 is 0. The van der Waals surface area contributed by atoms with Gasteiger partial charge < -0.3 is 0 Å². The fourth-order valence-electron chi connectivity index (χ4n) is 4.43. The van der Waals surface area contributed by atoms with Gasteiger partial charge >= 0.3 is 0 Å². The van der Waals surface area contributed by atoms with E-state index in [2.05, 4.69) is 75.7 Å². The van der Waals surface area contributed by atoms with Crippen molar-refractivity contribution in [1.82, 2.24) is 15.0 Å². The molecule has 0 saturated heterocycles. The van der Waals surface area contributed by atoms with Gasteiger partial charge in [-0.15, -0.1) is 0 Å². The normalized spacial score (nSPS) is 13.8. The topological polar surface area (TPSA) is 38.7 Å². The van der Waals surface area contributed by atoms with Crippen LogP contribution in [0.2, 0.25) is 0 Å². The average molecular weight is 349 g/mol. The third kappa shape index (κ3) is 2.63. The molecule has 0 aliphatic heterocycles. The highest BCUT2D eigenvalue weighted by Crippen LogP contribution is 2.51. The van der Waals surface area contributed by atoms with E-state index in [1.807, 2.05) is 31.0 Å². The first-order valence-electron chi connectivity index (χ1n) is 9.19. The van der Waals surface area contributed by atoms with Crippen LogP contribution in [0.4, 0.5) is 0 Å². The largest absolute Gasteiger partial charge is 0.265 e. The van der Waals surface area contributed by atoms with Crippen LogP contribution in [-0.4, -0.2) is 15.0 Å². The fourth-order valence-corrected chi connectivity index (χ4v) is 4.43. The van der Waals surface area contributed by atoms with Crippen LogP contribution in [0.3, 0.4) is 0 Å². The Morgan fingerprint density at radius 3 is 1.78 bits per heavy atom. The number of hydrogen-bond donors (Lipinski definition) is 0. The maximum atomic E-state index is 4.49. The lowest BCUT2D eigenvalue weighted by Gasteiger charge is -2.32. The first-order chi connectivity index (χ1) is 13.4. The predicted molar refractivity (Wildman–Crippen MR) is 106 cm³/mol. The number of rotatable bonds is 4. The minimum atomic E-state index is -0.150. The summed E-state index contributed by atoms with van der Waals surface area (Å²) >= 11 is 0. The highest BCUT2D eigenvalue weighted by Gasteiger charge is 2.43. The van der Waals surface area contributed by atoms with Crippen molar-refractivity contribution in [1.29, 1.82) is 0 Å². The molecule has 0 atom stereocenters. The number of fused-ring (bicyclic) bond motifs is 3. The monoisotopic (exact) mass is 349 g/mol. The smallest absolute Gasteiger partial charge is 0.0315 e. The zero-order valence-corrected chi connectivity index (χ0v) is 14.9. The van der Waals surface area contributed by atoms with E-state index in [1.54, 1.807) is 0 Å². The van der Waals surface area contributed by atoms with Crippen molar-refractivity contribution in [3.8, 4) is 11.1 Å². The lowest BCUT2D eigenvalue weighted by molar-refractivity contribution is 0.518. The molecule has 3 aromatic heterocycles. The Hall–Kier alpha value is -3.33. The van der Waals surface area contributed by atoms with Gasteiger partial charge in [-0.3, -0.25) is 15.0 Å². The number of benzene rings is 1. The van der Waals surface area contributed by atoms with Gasteiger partial charge in [0.1, 0.15) is 0 Å². The zero-order valence-electron chi connectivity index (χ0n) is 14.9. The van der Waals surface area contributed by atoms with Gasteiger partial charge in [-0.2, -0.15) is 0 Å². The number of pyridine rings is 3. The van der Waals surface area contributed by atoms with Gasteiger partial charge in [0.25, 0.3) is 0 Å². The maximum Gasteiger partial charge on any atom is 0.0315 e. The highest BCUT2D eigenvalue weighted by molar-refractivity contribution is 5.81. The third-order valence-electron chi connectivity index (χ3n) is 5.58. The van der Waals surface area contributed by atoms with Gasteiger partial charge in [-0.1, -0.05) is 24.3 Å². The van der Waals surface area contributed by atoms with Gasteiger partial charge in [-0.25, -0.2) is 0 Å². The quantitative estimate of drug-likeness (QED) is 0.539. The van der Waals surface area contributed by atoms with E-state index in [-0.39, 0.29) is 5.41 Å². The number of nitrogens with zero attached hydrogens (tertiary/aromatic N) is 3. The molecule has 1 aromatic carbocycles. The average Bonchev–Trinajstić information content (AvgIpc) is 3.00. The highest BCUT2D eigenvalue weighted by atomic mass is 14.6. The Kier molecular flexibility index (Phi) is 3.79. The van der Waals surface area contributed by atoms with E-state index >= 15 is 0 Å². The molecule has 1 aliphatic carbocycles. The summed E-state index contributed by atoms with van der Waals surface area (Å²) in [5, 5.41) is 0. The van der Waals surface area contributed by atoms with Gasteiger partial charge in [0.2, 0.25) is 0 Å². The second-order valence-electron chi connectivity index (χ2n) is 7.11. The number of hydrogen-bond acceptors (Lipinski definition) is 3. The van der Waals surface area contributed by atoms with E-state index < -0.39 is 0 Å². The van der Waals surface area contributed by atoms with Crippen LogP contribution in [0.15, 0.2) is 91.8 Å². The molecule has 4 aromatic rings. The van der Waals surface area contributed by atoms with E-state index in [0.717, 1.165) is 12.8 Å². The molecule has 130 valence electrons. The predicted octanol–water partition coefficient (Wildman–Crippen LogP) is 4.62. The molecule has 0 saturated carbocycles. The molecule has 0 radical (unpaired) electrons. The molecule has 5 rings (SSSR count). The summed E-state index contributed by atoms with van der Waals surface area (Å²) in [4.78, 5) is 12.9. The standard InChI is InChI=1S/C24H19N3/c1-2-4-22-20(3-1)21-9-14-27-17-23(21)24(22,15-18-5-10-25-11-6-18)16-19-7-12-26-13-8-19/h1-14,17H,15-16H2. The fraction of sp³-hybridized carbons (Fsp3) is 0.125. The lowest BCUT2D eigenvalue weighted by Crippen LogP contribution is -2.31. The molecule has 0 amide bonds. The molecule has 0 N–H and O–H groups in total. The van der Waals surface area contributed by atoms with Crippen molar-refractivity contribution in [2.45, 2.75) is 18.3 Å². The van der Waals surface area contributed by atoms with E-state index in [4.69, 9.17) is 0 Å². The van der Waals surface area contributed by atoms with Crippen LogP contribution in [0, 0.1) is 0 Å². The molecule has 0 fully saturated rings. The molecule has 3 heterocycles. The summed E-state index contributed by atoms with van der Waals surface area (Å²) in [6, 6.07) is 19.4. The Bertz CT molecular complexity index is 986. The van der Waals surface area contributed by atoms with Crippen molar-refractivity contribution >= 4 is 0 Å². The maximum absolute atomic E-state index is 4.49. The van der Waals surface area contributed by atoms with Crippen molar-refractivity contribution < 1.29 is 0 Å². The Morgan fingerprint density at radius 1 is 0.556 bits per heavy atom. The van der Waals surface area contributed by atoms with Gasteiger partial charge in [0, 0.05) is 42.6 Å². The molecule has 3 nitrogen and oxygen atoms in total. The van der Waals surface area contributed by atoms with Crippen LogP contribution in [0.25, 0.3) is 11.1 Å². The lowest BCUT2D eigenvalue weighted by atomic mass is 9.70. The van der Waals surface area contributed by atoms with Crippen LogP contribution in [0.5, 0.6) is 0 Å². The second kappa shape index (κ2) is 6.44. The van der Waals surface area contributed by atoms with Crippen molar-refractivity contribution in [3.63, 3.8) is 0 Å². The third-order valence-corrected chi connectivity index (χ3v) is 5.58. The Morgan fingerprint density at radius 2 is 1.11 bits per heavy atom. The molecular weight excluding hydrogens is 330 g/mol. The molecule has 27 heavy (non-hydrogen) atoms.